The molecule has 35 heavy (non-hydrogen) atoms. The topological polar surface area (TPSA) is 138 Å². The van der Waals surface area contributed by atoms with Gasteiger partial charge in [-0.1, -0.05) is 6.92 Å². The molecule has 0 saturated carbocycles. The Morgan fingerprint density at radius 2 is 2.03 bits per heavy atom. The first-order valence-corrected chi connectivity index (χ1v) is 11.2. The van der Waals surface area contributed by atoms with E-state index in [0.717, 1.165) is 28.2 Å². The molecule has 4 rings (SSSR count). The highest BCUT2D eigenvalue weighted by atomic mass is 16.5. The van der Waals surface area contributed by atoms with Crippen LogP contribution >= 0.6 is 0 Å². The molecule has 5 N–H and O–H groups in total. The van der Waals surface area contributed by atoms with Gasteiger partial charge in [0.15, 0.2) is 6.29 Å². The van der Waals surface area contributed by atoms with Gasteiger partial charge in [-0.3, -0.25) is 19.6 Å². The van der Waals surface area contributed by atoms with Gasteiger partial charge in [-0.25, -0.2) is 0 Å². The molecule has 182 valence electrons. The number of amides is 1. The summed E-state index contributed by atoms with van der Waals surface area (Å²) in [5.41, 5.74) is 5.60. The monoisotopic (exact) mass is 476 g/mol. The smallest absolute Gasteiger partial charge is 0.304 e. The van der Waals surface area contributed by atoms with Crippen LogP contribution in [0.1, 0.15) is 36.1 Å². The number of aliphatic carboxylic acids is 1. The summed E-state index contributed by atoms with van der Waals surface area (Å²) in [6.45, 7) is 3.81. The summed E-state index contributed by atoms with van der Waals surface area (Å²) in [6.07, 6.45) is 4.93. The second kappa shape index (κ2) is 10.3. The Labute approximate surface area is 203 Å². The second-order valence-corrected chi connectivity index (χ2v) is 8.47. The van der Waals surface area contributed by atoms with Crippen LogP contribution in [0.15, 0.2) is 48.9 Å². The van der Waals surface area contributed by atoms with Gasteiger partial charge in [0.2, 0.25) is 5.91 Å². The van der Waals surface area contributed by atoms with Crippen molar-refractivity contribution in [3.05, 3.63) is 65.7 Å². The Morgan fingerprint density at radius 3 is 2.71 bits per heavy atom. The van der Waals surface area contributed by atoms with Gasteiger partial charge in [-0.05, 0) is 48.4 Å². The zero-order chi connectivity index (χ0) is 24.9. The van der Waals surface area contributed by atoms with Crippen molar-refractivity contribution in [3.63, 3.8) is 0 Å². The standard InChI is InChI=1S/C25H28N6O4/c1-14-6-7-26-13-20(14)30-25-29-19-9-16(10-21(35-3)24(19)31-25)11-22(32)28-17-4-5-18(27-12-17)15(2)8-23(33)34/h4-7,9-10,12-13,15,25,29-31H,8,11H2,1-3H3,(H,28,32)(H,33,34). The number of hydrogen-bond acceptors (Lipinski definition) is 8. The van der Waals surface area contributed by atoms with Crippen molar-refractivity contribution in [1.29, 1.82) is 0 Å². The van der Waals surface area contributed by atoms with Gasteiger partial charge < -0.3 is 31.1 Å². The van der Waals surface area contributed by atoms with Crippen molar-refractivity contribution in [1.82, 2.24) is 9.97 Å². The van der Waals surface area contributed by atoms with Gasteiger partial charge in [0.25, 0.3) is 0 Å². The van der Waals surface area contributed by atoms with Crippen LogP contribution < -0.4 is 26.0 Å². The molecule has 10 heteroatoms. The lowest BCUT2D eigenvalue weighted by molar-refractivity contribution is -0.137. The third-order valence-electron chi connectivity index (χ3n) is 5.73. The third kappa shape index (κ3) is 5.78. The number of ether oxygens (including phenoxy) is 1. The molecule has 0 radical (unpaired) electrons. The van der Waals surface area contributed by atoms with E-state index in [1.165, 1.54) is 6.20 Å². The summed E-state index contributed by atoms with van der Waals surface area (Å²) < 4.78 is 5.56. The molecule has 2 unspecified atom stereocenters. The number of benzene rings is 1. The molecule has 1 amide bonds. The summed E-state index contributed by atoms with van der Waals surface area (Å²) in [6, 6.07) is 9.14. The van der Waals surface area contributed by atoms with Gasteiger partial charge in [-0.15, -0.1) is 0 Å². The van der Waals surface area contributed by atoms with Crippen LogP contribution in [0.2, 0.25) is 0 Å². The van der Waals surface area contributed by atoms with Crippen molar-refractivity contribution in [2.75, 3.05) is 28.4 Å². The molecule has 3 aromatic rings. The first-order chi connectivity index (χ1) is 16.8. The number of nitrogens with one attached hydrogen (secondary N) is 4. The number of carbonyl (C=O) groups is 2. The van der Waals surface area contributed by atoms with Gasteiger partial charge in [0, 0.05) is 17.8 Å². The zero-order valence-electron chi connectivity index (χ0n) is 19.8. The summed E-state index contributed by atoms with van der Waals surface area (Å²) in [4.78, 5) is 32.0. The Hall–Kier alpha value is -4.34. The van der Waals surface area contributed by atoms with Crippen molar-refractivity contribution in [3.8, 4) is 5.75 Å². The number of carboxylic acid groups (broad SMARTS) is 1. The Kier molecular flexibility index (Phi) is 7.00. The lowest BCUT2D eigenvalue weighted by Gasteiger charge is -2.17. The number of rotatable bonds is 9. The van der Waals surface area contributed by atoms with Crippen LogP contribution in [0.4, 0.5) is 22.7 Å². The fraction of sp³-hybridized carbons (Fsp3) is 0.280. The molecule has 10 nitrogen and oxygen atoms in total. The van der Waals surface area contributed by atoms with E-state index in [1.807, 2.05) is 25.1 Å². The van der Waals surface area contributed by atoms with Crippen LogP contribution in [0.25, 0.3) is 0 Å². The largest absolute Gasteiger partial charge is 0.494 e. The van der Waals surface area contributed by atoms with Gasteiger partial charge in [-0.2, -0.15) is 0 Å². The number of hydrogen-bond donors (Lipinski definition) is 5. The highest BCUT2D eigenvalue weighted by molar-refractivity contribution is 5.93. The molecule has 2 atom stereocenters. The fourth-order valence-electron chi connectivity index (χ4n) is 3.90. The third-order valence-corrected chi connectivity index (χ3v) is 5.73. The molecule has 2 aromatic heterocycles. The fourth-order valence-corrected chi connectivity index (χ4v) is 3.90. The molecule has 0 bridgehead atoms. The minimum atomic E-state index is -0.875. The van der Waals surface area contributed by atoms with E-state index >= 15 is 0 Å². The van der Waals surface area contributed by atoms with Crippen LogP contribution in [0.3, 0.4) is 0 Å². The summed E-state index contributed by atoms with van der Waals surface area (Å²) >= 11 is 0. The van der Waals surface area contributed by atoms with E-state index < -0.39 is 5.97 Å². The number of fused-ring (bicyclic) bond motifs is 1. The van der Waals surface area contributed by atoms with Gasteiger partial charge >= 0.3 is 5.97 Å². The lowest BCUT2D eigenvalue weighted by atomic mass is 10.0. The number of aromatic nitrogens is 2. The molecular formula is C25H28N6O4. The Balaban J connectivity index is 1.40. The highest BCUT2D eigenvalue weighted by Crippen LogP contribution is 2.39. The predicted octanol–water partition coefficient (Wildman–Crippen LogP) is 3.79. The van der Waals surface area contributed by atoms with Crippen LogP contribution in [-0.2, 0) is 16.0 Å². The molecule has 0 saturated heterocycles. The van der Waals surface area contributed by atoms with Crippen molar-refractivity contribution in [2.45, 2.75) is 38.9 Å². The maximum atomic E-state index is 12.7. The van der Waals surface area contributed by atoms with E-state index in [0.29, 0.717) is 17.1 Å². The summed E-state index contributed by atoms with van der Waals surface area (Å²) in [7, 11) is 1.59. The Morgan fingerprint density at radius 1 is 1.20 bits per heavy atom. The molecule has 1 aliphatic rings. The number of anilines is 4. The van der Waals surface area contributed by atoms with Gasteiger partial charge in [0.05, 0.1) is 49.4 Å². The van der Waals surface area contributed by atoms with Crippen LogP contribution in [-0.4, -0.2) is 40.4 Å². The minimum Gasteiger partial charge on any atom is -0.494 e. The normalized spacial score (nSPS) is 14.8. The zero-order valence-corrected chi connectivity index (χ0v) is 19.8. The first kappa shape index (κ1) is 23.8. The van der Waals surface area contributed by atoms with E-state index in [1.54, 1.807) is 38.6 Å². The maximum absolute atomic E-state index is 12.7. The number of carboxylic acids is 1. The van der Waals surface area contributed by atoms with Crippen LogP contribution in [0.5, 0.6) is 5.75 Å². The van der Waals surface area contributed by atoms with Crippen molar-refractivity contribution < 1.29 is 19.4 Å². The number of methoxy groups -OCH3 is 1. The van der Waals surface area contributed by atoms with E-state index in [9.17, 15) is 9.59 Å². The molecule has 3 heterocycles. The molecular weight excluding hydrogens is 448 g/mol. The lowest BCUT2D eigenvalue weighted by Crippen LogP contribution is -2.31. The molecule has 0 fully saturated rings. The average molecular weight is 477 g/mol. The summed E-state index contributed by atoms with van der Waals surface area (Å²) in [5.74, 6) is -0.659. The molecule has 0 spiro atoms. The second-order valence-electron chi connectivity index (χ2n) is 8.47. The average Bonchev–Trinajstić information content (AvgIpc) is 3.22. The first-order valence-electron chi connectivity index (χ1n) is 11.2. The van der Waals surface area contributed by atoms with Crippen molar-refractivity contribution >= 4 is 34.6 Å². The molecule has 0 aliphatic carbocycles. The van der Waals surface area contributed by atoms with E-state index in [2.05, 4.69) is 31.2 Å². The predicted molar refractivity (Wildman–Crippen MR) is 134 cm³/mol. The summed E-state index contributed by atoms with van der Waals surface area (Å²) in [5, 5.41) is 21.9. The highest BCUT2D eigenvalue weighted by Gasteiger charge is 2.24. The van der Waals surface area contributed by atoms with E-state index in [-0.39, 0.29) is 31.0 Å². The minimum absolute atomic E-state index is 0.0000181. The van der Waals surface area contributed by atoms with E-state index in [4.69, 9.17) is 9.84 Å². The maximum Gasteiger partial charge on any atom is 0.304 e. The SMILES string of the molecule is COc1cc(CC(=O)Nc2ccc(C(C)CC(=O)O)nc2)cc2c1NC(Nc1cnccc1C)N2. The molecule has 1 aliphatic heterocycles. The number of pyridine rings is 2. The molecule has 1 aromatic carbocycles. The number of nitrogens with zero attached hydrogens (tertiary/aromatic N) is 2. The number of aryl methyl sites for hydroxylation is 1. The number of carbonyl (C=O) groups excluding carboxylic acids is 1. The quantitative estimate of drug-likeness (QED) is 0.312. The van der Waals surface area contributed by atoms with Crippen LogP contribution in [0, 0.1) is 6.92 Å². The Bertz CT molecular complexity index is 1230. The van der Waals surface area contributed by atoms with Crippen molar-refractivity contribution in [2.24, 2.45) is 0 Å². The van der Waals surface area contributed by atoms with Gasteiger partial charge in [0.1, 0.15) is 11.4 Å².